The summed E-state index contributed by atoms with van der Waals surface area (Å²) in [6.45, 7) is 4.40. The van der Waals surface area contributed by atoms with Crippen LogP contribution in [0, 0.1) is 5.92 Å². The van der Waals surface area contributed by atoms with Crippen molar-refractivity contribution in [3.05, 3.63) is 12.7 Å². The summed E-state index contributed by atoms with van der Waals surface area (Å²) in [5, 5.41) is 8.69. The molecule has 1 saturated heterocycles. The molecule has 1 aliphatic heterocycles. The number of rotatable bonds is 3. The maximum Gasteiger partial charge on any atom is 0.229 e. The zero-order valence-corrected chi connectivity index (χ0v) is 9.98. The minimum absolute atomic E-state index is 0.115. The van der Waals surface area contributed by atoms with E-state index in [0.717, 1.165) is 4.34 Å². The molecule has 0 aliphatic carbocycles. The van der Waals surface area contributed by atoms with Crippen LogP contribution in [-0.2, 0) is 4.79 Å². The average Bonchev–Trinajstić information content (AvgIpc) is 2.83. The standard InChI is InChI=1S/C9H11N3OS2/c1-3-6-4-7(13)12(5-6)8-10-11-9(14-2)15-8/h3,6H,1,4-5H2,2H3. The van der Waals surface area contributed by atoms with Gasteiger partial charge < -0.3 is 0 Å². The summed E-state index contributed by atoms with van der Waals surface area (Å²) in [5.41, 5.74) is 0. The highest BCUT2D eigenvalue weighted by atomic mass is 32.2. The molecule has 1 aromatic rings. The van der Waals surface area contributed by atoms with Gasteiger partial charge in [-0.25, -0.2) is 0 Å². The van der Waals surface area contributed by atoms with Gasteiger partial charge in [0, 0.05) is 18.9 Å². The number of amides is 1. The lowest BCUT2D eigenvalue weighted by atomic mass is 10.1. The summed E-state index contributed by atoms with van der Waals surface area (Å²) in [6, 6.07) is 0. The Bertz CT molecular complexity index is 390. The number of hydrogen-bond acceptors (Lipinski definition) is 5. The van der Waals surface area contributed by atoms with Crippen molar-refractivity contribution in [2.75, 3.05) is 17.7 Å². The Kier molecular flexibility index (Phi) is 3.06. The number of carbonyl (C=O) groups is 1. The molecule has 2 rings (SSSR count). The fraction of sp³-hybridized carbons (Fsp3) is 0.444. The van der Waals surface area contributed by atoms with Gasteiger partial charge in [0.25, 0.3) is 0 Å². The Morgan fingerprint density at radius 1 is 1.67 bits per heavy atom. The van der Waals surface area contributed by atoms with Gasteiger partial charge in [-0.15, -0.1) is 16.8 Å². The van der Waals surface area contributed by atoms with Crippen molar-refractivity contribution in [2.45, 2.75) is 10.8 Å². The minimum atomic E-state index is 0.115. The van der Waals surface area contributed by atoms with E-state index in [1.807, 2.05) is 12.3 Å². The van der Waals surface area contributed by atoms with Crippen LogP contribution in [0.2, 0.25) is 0 Å². The molecule has 0 N–H and O–H groups in total. The first-order chi connectivity index (χ1) is 7.24. The third-order valence-electron chi connectivity index (χ3n) is 2.29. The van der Waals surface area contributed by atoms with Crippen LogP contribution >= 0.6 is 23.1 Å². The molecular weight excluding hydrogens is 230 g/mol. The Hall–Kier alpha value is -0.880. The lowest BCUT2D eigenvalue weighted by molar-refractivity contribution is -0.117. The van der Waals surface area contributed by atoms with E-state index in [4.69, 9.17) is 0 Å². The highest BCUT2D eigenvalue weighted by molar-refractivity contribution is 8.00. The number of anilines is 1. The predicted molar refractivity (Wildman–Crippen MR) is 62.3 cm³/mol. The third kappa shape index (κ3) is 2.05. The van der Waals surface area contributed by atoms with Gasteiger partial charge in [0.2, 0.25) is 11.0 Å². The normalized spacial score (nSPS) is 21.0. The average molecular weight is 241 g/mol. The summed E-state index contributed by atoms with van der Waals surface area (Å²) in [5.74, 6) is 0.364. The van der Waals surface area contributed by atoms with Crippen molar-refractivity contribution in [1.29, 1.82) is 0 Å². The molecule has 0 spiro atoms. The van der Waals surface area contributed by atoms with Crippen molar-refractivity contribution in [3.8, 4) is 0 Å². The van der Waals surface area contributed by atoms with Crippen LogP contribution in [0.25, 0.3) is 0 Å². The molecule has 2 heterocycles. The maximum absolute atomic E-state index is 11.7. The Labute approximate surface area is 96.4 Å². The monoisotopic (exact) mass is 241 g/mol. The summed E-state index contributed by atoms with van der Waals surface area (Å²) in [7, 11) is 0. The van der Waals surface area contributed by atoms with E-state index in [-0.39, 0.29) is 11.8 Å². The molecule has 0 saturated carbocycles. The first-order valence-electron chi connectivity index (χ1n) is 4.55. The van der Waals surface area contributed by atoms with Crippen LogP contribution in [0.3, 0.4) is 0 Å². The van der Waals surface area contributed by atoms with E-state index in [0.29, 0.717) is 18.1 Å². The number of thioether (sulfide) groups is 1. The van der Waals surface area contributed by atoms with Crippen molar-refractivity contribution in [2.24, 2.45) is 5.92 Å². The van der Waals surface area contributed by atoms with Gasteiger partial charge in [0.15, 0.2) is 4.34 Å². The van der Waals surface area contributed by atoms with E-state index in [2.05, 4.69) is 16.8 Å². The maximum atomic E-state index is 11.7. The first-order valence-corrected chi connectivity index (χ1v) is 6.59. The predicted octanol–water partition coefficient (Wildman–Crippen LogP) is 1.80. The van der Waals surface area contributed by atoms with Crippen molar-refractivity contribution < 1.29 is 4.79 Å². The largest absolute Gasteiger partial charge is 0.286 e. The third-order valence-corrected chi connectivity index (χ3v) is 4.21. The van der Waals surface area contributed by atoms with Crippen LogP contribution in [0.5, 0.6) is 0 Å². The van der Waals surface area contributed by atoms with Crippen LogP contribution in [-0.4, -0.2) is 28.9 Å². The molecule has 1 aromatic heterocycles. The van der Waals surface area contributed by atoms with E-state index >= 15 is 0 Å². The summed E-state index contributed by atoms with van der Waals surface area (Å²) >= 11 is 3.00. The van der Waals surface area contributed by atoms with E-state index in [9.17, 15) is 4.79 Å². The SMILES string of the molecule is C=CC1CC(=O)N(c2nnc(SC)s2)C1. The van der Waals surface area contributed by atoms with Crippen LogP contribution < -0.4 is 4.90 Å². The van der Waals surface area contributed by atoms with Gasteiger partial charge in [-0.3, -0.25) is 9.69 Å². The summed E-state index contributed by atoms with van der Waals surface area (Å²) < 4.78 is 0.889. The second-order valence-corrected chi connectivity index (χ2v) is 5.27. The number of hydrogen-bond donors (Lipinski definition) is 0. The molecule has 6 heteroatoms. The summed E-state index contributed by atoms with van der Waals surface area (Å²) in [6.07, 6.45) is 4.31. The number of aromatic nitrogens is 2. The smallest absolute Gasteiger partial charge is 0.229 e. The highest BCUT2D eigenvalue weighted by Gasteiger charge is 2.30. The molecule has 0 bridgehead atoms. The van der Waals surface area contributed by atoms with Crippen LogP contribution in [0.15, 0.2) is 17.0 Å². The molecule has 4 nitrogen and oxygen atoms in total. The second-order valence-electron chi connectivity index (χ2n) is 3.26. The van der Waals surface area contributed by atoms with Gasteiger partial charge in [-0.05, 0) is 6.26 Å². The Morgan fingerprint density at radius 3 is 3.00 bits per heavy atom. The molecule has 1 unspecified atom stereocenters. The van der Waals surface area contributed by atoms with E-state index < -0.39 is 0 Å². The minimum Gasteiger partial charge on any atom is -0.286 e. The van der Waals surface area contributed by atoms with Crippen molar-refractivity contribution in [1.82, 2.24) is 10.2 Å². The Morgan fingerprint density at radius 2 is 2.47 bits per heavy atom. The quantitative estimate of drug-likeness (QED) is 0.460. The van der Waals surface area contributed by atoms with Crippen LogP contribution in [0.1, 0.15) is 6.42 Å². The fourth-order valence-corrected chi connectivity index (χ4v) is 2.76. The molecule has 1 atom stereocenters. The molecule has 1 amide bonds. The van der Waals surface area contributed by atoms with Crippen molar-refractivity contribution in [3.63, 3.8) is 0 Å². The molecule has 0 radical (unpaired) electrons. The molecule has 1 aliphatic rings. The van der Waals surface area contributed by atoms with Gasteiger partial charge in [-0.2, -0.15) is 0 Å². The Balaban J connectivity index is 2.17. The molecule has 1 fully saturated rings. The molecule has 15 heavy (non-hydrogen) atoms. The van der Waals surface area contributed by atoms with Gasteiger partial charge in [0.1, 0.15) is 0 Å². The zero-order valence-electron chi connectivity index (χ0n) is 8.34. The van der Waals surface area contributed by atoms with Gasteiger partial charge >= 0.3 is 0 Å². The molecule has 0 aromatic carbocycles. The fourth-order valence-electron chi connectivity index (χ4n) is 1.47. The number of carbonyl (C=O) groups excluding carboxylic acids is 1. The number of nitrogens with zero attached hydrogens (tertiary/aromatic N) is 3. The van der Waals surface area contributed by atoms with Gasteiger partial charge in [0.05, 0.1) is 0 Å². The van der Waals surface area contributed by atoms with E-state index in [1.165, 1.54) is 11.3 Å². The molecular formula is C9H11N3OS2. The van der Waals surface area contributed by atoms with E-state index in [1.54, 1.807) is 16.7 Å². The molecule has 80 valence electrons. The van der Waals surface area contributed by atoms with Gasteiger partial charge in [-0.1, -0.05) is 29.2 Å². The highest BCUT2D eigenvalue weighted by Crippen LogP contribution is 2.30. The lowest BCUT2D eigenvalue weighted by Crippen LogP contribution is -2.24. The topological polar surface area (TPSA) is 46.1 Å². The van der Waals surface area contributed by atoms with Crippen LogP contribution in [0.4, 0.5) is 5.13 Å². The van der Waals surface area contributed by atoms with Crippen molar-refractivity contribution >= 4 is 34.1 Å². The first kappa shape index (κ1) is 10.6. The second kappa shape index (κ2) is 4.32. The lowest BCUT2D eigenvalue weighted by Gasteiger charge is -2.10. The summed E-state index contributed by atoms with van der Waals surface area (Å²) in [4.78, 5) is 13.4. The zero-order chi connectivity index (χ0) is 10.8.